The van der Waals surface area contributed by atoms with Crippen LogP contribution >= 0.6 is 0 Å². The van der Waals surface area contributed by atoms with E-state index < -0.39 is 0 Å². The summed E-state index contributed by atoms with van der Waals surface area (Å²) in [5.74, 6) is 0.801. The van der Waals surface area contributed by atoms with Gasteiger partial charge in [0.25, 0.3) is 0 Å². The molecule has 0 bridgehead atoms. The van der Waals surface area contributed by atoms with Gasteiger partial charge in [0.15, 0.2) is 0 Å². The Morgan fingerprint density at radius 1 is 1.31 bits per heavy atom. The quantitative estimate of drug-likeness (QED) is 0.784. The lowest BCUT2D eigenvalue weighted by molar-refractivity contribution is -0.0198. The molecular weight excluding hydrogens is 202 g/mol. The first-order chi connectivity index (χ1) is 7.51. The average molecular weight is 229 g/mol. The van der Waals surface area contributed by atoms with Crippen molar-refractivity contribution in [1.82, 2.24) is 5.32 Å². The SMILES string of the molecule is CNC(COC(C)(C)C)CC1CCOCC1. The summed E-state index contributed by atoms with van der Waals surface area (Å²) in [5.41, 5.74) is -0.0369. The van der Waals surface area contributed by atoms with Gasteiger partial charge in [0.1, 0.15) is 0 Å². The van der Waals surface area contributed by atoms with E-state index in [4.69, 9.17) is 9.47 Å². The zero-order chi connectivity index (χ0) is 12.0. The lowest BCUT2D eigenvalue weighted by Crippen LogP contribution is -2.36. The summed E-state index contributed by atoms with van der Waals surface area (Å²) in [6.45, 7) is 8.98. The van der Waals surface area contributed by atoms with E-state index in [0.717, 1.165) is 25.7 Å². The molecule has 1 N–H and O–H groups in total. The molecule has 1 unspecified atom stereocenters. The van der Waals surface area contributed by atoms with Gasteiger partial charge in [-0.3, -0.25) is 0 Å². The predicted octanol–water partition coefficient (Wildman–Crippen LogP) is 2.21. The number of nitrogens with one attached hydrogen (secondary N) is 1. The Labute approximate surface area is 99.9 Å². The van der Waals surface area contributed by atoms with Crippen LogP contribution in [0.15, 0.2) is 0 Å². The van der Waals surface area contributed by atoms with Gasteiger partial charge < -0.3 is 14.8 Å². The molecule has 1 saturated heterocycles. The molecule has 1 heterocycles. The Balaban J connectivity index is 2.25. The first kappa shape index (κ1) is 13.9. The highest BCUT2D eigenvalue weighted by Crippen LogP contribution is 2.20. The van der Waals surface area contributed by atoms with Gasteiger partial charge >= 0.3 is 0 Å². The van der Waals surface area contributed by atoms with Gasteiger partial charge in [0.05, 0.1) is 12.2 Å². The third-order valence-electron chi connectivity index (χ3n) is 3.08. The molecule has 1 aliphatic heterocycles. The van der Waals surface area contributed by atoms with Crippen LogP contribution in [0.1, 0.15) is 40.0 Å². The standard InChI is InChI=1S/C13H27NO2/c1-13(2,3)16-10-12(14-4)9-11-5-7-15-8-6-11/h11-12,14H,5-10H2,1-4H3. The van der Waals surface area contributed by atoms with Crippen LogP contribution in [-0.2, 0) is 9.47 Å². The van der Waals surface area contributed by atoms with Gasteiger partial charge in [-0.25, -0.2) is 0 Å². The number of hydrogen-bond donors (Lipinski definition) is 1. The predicted molar refractivity (Wildman–Crippen MR) is 66.7 cm³/mol. The Morgan fingerprint density at radius 3 is 2.44 bits per heavy atom. The molecular formula is C13H27NO2. The fourth-order valence-electron chi connectivity index (χ4n) is 2.00. The lowest BCUT2D eigenvalue weighted by Gasteiger charge is -2.29. The molecule has 0 saturated carbocycles. The zero-order valence-electron chi connectivity index (χ0n) is 11.2. The maximum absolute atomic E-state index is 5.83. The van der Waals surface area contributed by atoms with Crippen LogP contribution in [0, 0.1) is 5.92 Å². The van der Waals surface area contributed by atoms with Crippen LogP contribution in [0.3, 0.4) is 0 Å². The molecule has 3 nitrogen and oxygen atoms in total. The van der Waals surface area contributed by atoms with Gasteiger partial charge in [-0.15, -0.1) is 0 Å². The van der Waals surface area contributed by atoms with Crippen LogP contribution in [0.4, 0.5) is 0 Å². The van der Waals surface area contributed by atoms with Crippen molar-refractivity contribution in [2.75, 3.05) is 26.9 Å². The van der Waals surface area contributed by atoms with E-state index in [1.54, 1.807) is 0 Å². The molecule has 0 aliphatic carbocycles. The topological polar surface area (TPSA) is 30.5 Å². The third-order valence-corrected chi connectivity index (χ3v) is 3.08. The van der Waals surface area contributed by atoms with Crippen molar-refractivity contribution in [2.24, 2.45) is 5.92 Å². The van der Waals surface area contributed by atoms with E-state index in [9.17, 15) is 0 Å². The van der Waals surface area contributed by atoms with Crippen LogP contribution in [0.2, 0.25) is 0 Å². The number of ether oxygens (including phenoxy) is 2. The second-order valence-electron chi connectivity index (χ2n) is 5.70. The first-order valence-electron chi connectivity index (χ1n) is 6.40. The zero-order valence-corrected chi connectivity index (χ0v) is 11.2. The maximum Gasteiger partial charge on any atom is 0.0626 e. The summed E-state index contributed by atoms with van der Waals surface area (Å²) >= 11 is 0. The highest BCUT2D eigenvalue weighted by Gasteiger charge is 2.20. The minimum atomic E-state index is -0.0369. The smallest absolute Gasteiger partial charge is 0.0626 e. The largest absolute Gasteiger partial charge is 0.381 e. The van der Waals surface area contributed by atoms with E-state index >= 15 is 0 Å². The van der Waals surface area contributed by atoms with Crippen molar-refractivity contribution in [3.63, 3.8) is 0 Å². The Hall–Kier alpha value is -0.120. The molecule has 0 aromatic rings. The molecule has 1 rings (SSSR count). The van der Waals surface area contributed by atoms with Gasteiger partial charge in [0, 0.05) is 19.3 Å². The Morgan fingerprint density at radius 2 is 1.94 bits per heavy atom. The third kappa shape index (κ3) is 5.83. The fraction of sp³-hybridized carbons (Fsp3) is 1.00. The molecule has 1 fully saturated rings. The van der Waals surface area contributed by atoms with Crippen LogP contribution < -0.4 is 5.32 Å². The van der Waals surface area contributed by atoms with Crippen molar-refractivity contribution in [1.29, 1.82) is 0 Å². The summed E-state index contributed by atoms with van der Waals surface area (Å²) in [5, 5.41) is 3.36. The molecule has 0 spiro atoms. The van der Waals surface area contributed by atoms with E-state index in [1.807, 2.05) is 7.05 Å². The summed E-state index contributed by atoms with van der Waals surface area (Å²) in [4.78, 5) is 0. The second-order valence-corrected chi connectivity index (χ2v) is 5.70. The molecule has 0 amide bonds. The van der Waals surface area contributed by atoms with Crippen LogP contribution in [-0.4, -0.2) is 38.5 Å². The summed E-state index contributed by atoms with van der Waals surface area (Å²) < 4.78 is 11.2. The first-order valence-corrected chi connectivity index (χ1v) is 6.40. The molecule has 1 atom stereocenters. The molecule has 16 heavy (non-hydrogen) atoms. The second kappa shape index (κ2) is 6.58. The van der Waals surface area contributed by atoms with Crippen molar-refractivity contribution in [2.45, 2.75) is 51.7 Å². The van der Waals surface area contributed by atoms with Gasteiger partial charge in [0.2, 0.25) is 0 Å². The van der Waals surface area contributed by atoms with Crippen molar-refractivity contribution in [3.8, 4) is 0 Å². The van der Waals surface area contributed by atoms with Crippen molar-refractivity contribution in [3.05, 3.63) is 0 Å². The molecule has 3 heteroatoms. The molecule has 96 valence electrons. The Kier molecular flexibility index (Phi) is 5.73. The normalized spacial score (nSPS) is 21.0. The van der Waals surface area contributed by atoms with E-state index in [2.05, 4.69) is 26.1 Å². The van der Waals surface area contributed by atoms with Crippen LogP contribution in [0.5, 0.6) is 0 Å². The average Bonchev–Trinajstić information content (AvgIpc) is 2.24. The number of rotatable bonds is 5. The van der Waals surface area contributed by atoms with Gasteiger partial charge in [-0.1, -0.05) is 0 Å². The minimum absolute atomic E-state index is 0.0369. The monoisotopic (exact) mass is 229 g/mol. The van der Waals surface area contributed by atoms with Gasteiger partial charge in [-0.2, -0.15) is 0 Å². The number of hydrogen-bond acceptors (Lipinski definition) is 3. The molecule has 0 aromatic heterocycles. The lowest BCUT2D eigenvalue weighted by atomic mass is 9.93. The molecule has 1 aliphatic rings. The van der Waals surface area contributed by atoms with Crippen molar-refractivity contribution >= 4 is 0 Å². The maximum atomic E-state index is 5.83. The van der Waals surface area contributed by atoms with Gasteiger partial charge in [-0.05, 0) is 53.0 Å². The van der Waals surface area contributed by atoms with E-state index in [-0.39, 0.29) is 5.60 Å². The molecule has 0 aromatic carbocycles. The van der Waals surface area contributed by atoms with E-state index in [1.165, 1.54) is 19.3 Å². The van der Waals surface area contributed by atoms with Crippen LogP contribution in [0.25, 0.3) is 0 Å². The molecule has 0 radical (unpaired) electrons. The number of likely N-dealkylation sites (N-methyl/N-ethyl adjacent to an activating group) is 1. The summed E-state index contributed by atoms with van der Waals surface area (Å²) in [6.07, 6.45) is 3.61. The van der Waals surface area contributed by atoms with Crippen molar-refractivity contribution < 1.29 is 9.47 Å². The van der Waals surface area contributed by atoms with E-state index in [0.29, 0.717) is 6.04 Å². The Bertz CT molecular complexity index is 183. The summed E-state index contributed by atoms with van der Waals surface area (Å²) in [6, 6.07) is 0.474. The highest BCUT2D eigenvalue weighted by atomic mass is 16.5. The fourth-order valence-corrected chi connectivity index (χ4v) is 2.00. The highest BCUT2D eigenvalue weighted by molar-refractivity contribution is 4.73. The summed E-state index contributed by atoms with van der Waals surface area (Å²) in [7, 11) is 2.02. The minimum Gasteiger partial charge on any atom is -0.381 e.